The van der Waals surface area contributed by atoms with Gasteiger partial charge in [-0.15, -0.1) is 0 Å². The predicted molar refractivity (Wildman–Crippen MR) is 187 cm³/mol. The number of amides is 7. The summed E-state index contributed by atoms with van der Waals surface area (Å²) in [5.74, 6) is -1.79. The van der Waals surface area contributed by atoms with E-state index in [1.807, 2.05) is 96.3 Å². The molecule has 2 aliphatic rings. The van der Waals surface area contributed by atoms with Crippen LogP contribution in [0.2, 0.25) is 0 Å². The highest BCUT2D eigenvalue weighted by Crippen LogP contribution is 2.38. The predicted octanol–water partition coefficient (Wildman–Crippen LogP) is 2.63. The summed E-state index contributed by atoms with van der Waals surface area (Å²) in [6.45, 7) is -0.988. The molecule has 7 amide bonds. The van der Waals surface area contributed by atoms with Gasteiger partial charge in [-0.2, -0.15) is 8.42 Å². The van der Waals surface area contributed by atoms with Crippen molar-refractivity contribution in [1.29, 1.82) is 0 Å². The van der Waals surface area contributed by atoms with Crippen LogP contribution < -0.4 is 29.7 Å². The first-order valence-electron chi connectivity index (χ1n) is 16.3. The molecule has 2 aliphatic heterocycles. The van der Waals surface area contributed by atoms with Gasteiger partial charge in [0.15, 0.2) is 5.75 Å². The lowest BCUT2D eigenvalue weighted by Gasteiger charge is -2.36. The Hall–Kier alpha value is -6.89. The molecule has 0 radical (unpaired) electrons. The third kappa shape index (κ3) is 8.76. The van der Waals surface area contributed by atoms with Gasteiger partial charge in [-0.05, 0) is 16.7 Å². The van der Waals surface area contributed by atoms with E-state index < -0.39 is 59.3 Å². The second kappa shape index (κ2) is 16.2. The van der Waals surface area contributed by atoms with Crippen molar-refractivity contribution in [3.63, 3.8) is 0 Å². The number of carbonyl (C=O) groups excluding carboxylic acids is 4. The van der Waals surface area contributed by atoms with Gasteiger partial charge in [0.1, 0.15) is 31.6 Å². The van der Waals surface area contributed by atoms with Crippen molar-refractivity contribution in [2.24, 2.45) is 0 Å². The number of rotatable bonds is 14. The quantitative estimate of drug-likeness (QED) is 0.136. The SMILES string of the molecule is O=C(O)NC1CN(C(=O)NS(=O)(=O)N2CCN(NC(=O)c3cc(OCc4ccccc4)c(OCc4ccccc4)c(OCc4ccccc4)n3)C2=O)C1=O. The van der Waals surface area contributed by atoms with Crippen LogP contribution in [0, 0.1) is 0 Å². The Morgan fingerprint density at radius 2 is 1.35 bits per heavy atom. The molecule has 280 valence electrons. The van der Waals surface area contributed by atoms with Crippen molar-refractivity contribution in [2.75, 3.05) is 19.6 Å². The van der Waals surface area contributed by atoms with Gasteiger partial charge < -0.3 is 24.6 Å². The van der Waals surface area contributed by atoms with Gasteiger partial charge >= 0.3 is 28.4 Å². The molecule has 0 spiro atoms. The van der Waals surface area contributed by atoms with Gasteiger partial charge in [-0.25, -0.2) is 33.4 Å². The van der Waals surface area contributed by atoms with E-state index in [4.69, 9.17) is 19.3 Å². The topological polar surface area (TPSA) is 226 Å². The first-order chi connectivity index (χ1) is 26.0. The summed E-state index contributed by atoms with van der Waals surface area (Å²) >= 11 is 0. The number of hydrazine groups is 1. The normalized spacial score (nSPS) is 15.3. The van der Waals surface area contributed by atoms with E-state index >= 15 is 0 Å². The van der Waals surface area contributed by atoms with E-state index in [2.05, 4.69) is 10.4 Å². The minimum Gasteiger partial charge on any atom is -0.485 e. The molecule has 4 aromatic rings. The first kappa shape index (κ1) is 36.9. The molecule has 3 aromatic carbocycles. The second-order valence-corrected chi connectivity index (χ2v) is 13.4. The molecule has 2 saturated heterocycles. The molecule has 4 N–H and O–H groups in total. The van der Waals surface area contributed by atoms with Crippen molar-refractivity contribution < 1.29 is 51.7 Å². The number of carbonyl (C=O) groups is 5. The molecule has 1 unspecified atom stereocenters. The number of urea groups is 2. The maximum absolute atomic E-state index is 13.7. The largest absolute Gasteiger partial charge is 0.485 e. The zero-order valence-corrected chi connectivity index (χ0v) is 29.1. The van der Waals surface area contributed by atoms with Crippen LogP contribution in [0.15, 0.2) is 97.1 Å². The molecule has 0 saturated carbocycles. The molecule has 1 aromatic heterocycles. The van der Waals surface area contributed by atoms with Gasteiger partial charge in [0.2, 0.25) is 5.75 Å². The summed E-state index contributed by atoms with van der Waals surface area (Å²) in [4.78, 5) is 67.0. The van der Waals surface area contributed by atoms with Crippen LogP contribution >= 0.6 is 0 Å². The first-order valence-corrected chi connectivity index (χ1v) is 17.8. The van der Waals surface area contributed by atoms with Crippen LogP contribution in [0.1, 0.15) is 27.2 Å². The third-order valence-corrected chi connectivity index (χ3v) is 9.36. The van der Waals surface area contributed by atoms with Gasteiger partial charge in [0, 0.05) is 6.07 Å². The fraction of sp³-hybridized carbons (Fsp3) is 0.200. The van der Waals surface area contributed by atoms with Crippen molar-refractivity contribution in [2.45, 2.75) is 25.9 Å². The lowest BCUT2D eigenvalue weighted by Crippen LogP contribution is -2.67. The lowest BCUT2D eigenvalue weighted by molar-refractivity contribution is -0.138. The van der Waals surface area contributed by atoms with Gasteiger partial charge in [0.05, 0.1) is 19.6 Å². The van der Waals surface area contributed by atoms with Crippen molar-refractivity contribution in [1.82, 2.24) is 34.7 Å². The van der Waals surface area contributed by atoms with E-state index in [-0.39, 0.29) is 49.4 Å². The number of likely N-dealkylation sites (tertiary alicyclic amines) is 1. The Morgan fingerprint density at radius 1 is 0.796 bits per heavy atom. The maximum Gasteiger partial charge on any atom is 0.405 e. The highest BCUT2D eigenvalue weighted by Gasteiger charge is 2.45. The average Bonchev–Trinajstić information content (AvgIpc) is 3.54. The van der Waals surface area contributed by atoms with E-state index in [0.717, 1.165) is 16.7 Å². The number of hydrogen-bond donors (Lipinski definition) is 4. The van der Waals surface area contributed by atoms with Crippen molar-refractivity contribution >= 4 is 40.2 Å². The summed E-state index contributed by atoms with van der Waals surface area (Å²) in [6, 6.07) is 25.2. The number of benzene rings is 3. The van der Waals surface area contributed by atoms with Crippen LogP contribution in [0.5, 0.6) is 17.4 Å². The summed E-state index contributed by atoms with van der Waals surface area (Å²) in [5, 5.41) is 11.4. The molecule has 3 heterocycles. The van der Waals surface area contributed by atoms with Crippen LogP contribution in [0.25, 0.3) is 0 Å². The smallest absolute Gasteiger partial charge is 0.405 e. The number of aromatic nitrogens is 1. The minimum absolute atomic E-state index is 0.0433. The van der Waals surface area contributed by atoms with Gasteiger partial charge in [0.25, 0.3) is 17.7 Å². The fourth-order valence-electron chi connectivity index (χ4n) is 5.24. The Labute approximate surface area is 308 Å². The second-order valence-electron chi connectivity index (χ2n) is 11.8. The van der Waals surface area contributed by atoms with Crippen molar-refractivity contribution in [3.05, 3.63) is 119 Å². The molecule has 18 nitrogen and oxygen atoms in total. The summed E-state index contributed by atoms with van der Waals surface area (Å²) in [7, 11) is -4.85. The summed E-state index contributed by atoms with van der Waals surface area (Å²) < 4.78 is 46.3. The zero-order valence-electron chi connectivity index (χ0n) is 28.3. The Balaban J connectivity index is 1.21. The van der Waals surface area contributed by atoms with Crippen LogP contribution in [-0.2, 0) is 34.8 Å². The monoisotopic (exact) mass is 759 g/mol. The van der Waals surface area contributed by atoms with E-state index in [0.29, 0.717) is 14.2 Å². The average molecular weight is 760 g/mol. The van der Waals surface area contributed by atoms with E-state index in [9.17, 15) is 32.4 Å². The lowest BCUT2D eigenvalue weighted by atomic mass is 10.1. The number of carboxylic acid groups (broad SMARTS) is 1. The van der Waals surface area contributed by atoms with E-state index in [1.54, 1.807) is 4.72 Å². The number of ether oxygens (including phenoxy) is 3. The van der Waals surface area contributed by atoms with Gasteiger partial charge in [-0.3, -0.25) is 19.9 Å². The van der Waals surface area contributed by atoms with E-state index in [1.165, 1.54) is 6.07 Å². The minimum atomic E-state index is -4.85. The molecule has 19 heteroatoms. The molecule has 2 fully saturated rings. The standard InChI is InChI=1S/C35H33N7O11S/c43-30(38-41-16-17-42(35(41)48)54(49,50)39-33(45)40-19-27(32(40)44)37-34(46)47)26-18-28(51-20-23-10-4-1-5-11-23)29(52-21-24-12-6-2-7-13-24)31(36-26)53-22-25-14-8-3-9-15-25/h1-15,18,27,37H,16-17,19-22H2,(H,38,43)(H,39,45)(H,46,47). The molecule has 1 atom stereocenters. The molecular formula is C35H33N7O11S. The van der Waals surface area contributed by atoms with Crippen LogP contribution in [0.4, 0.5) is 14.4 Å². The van der Waals surface area contributed by atoms with Gasteiger partial charge in [-0.1, -0.05) is 91.0 Å². The Bertz CT molecular complexity index is 2080. The Morgan fingerprint density at radius 3 is 1.91 bits per heavy atom. The molecule has 0 bridgehead atoms. The molecule has 0 aliphatic carbocycles. The number of nitrogens with one attached hydrogen (secondary N) is 3. The summed E-state index contributed by atoms with van der Waals surface area (Å²) in [5.41, 5.74) is 4.51. The fourth-order valence-corrected chi connectivity index (χ4v) is 6.31. The van der Waals surface area contributed by atoms with Crippen LogP contribution in [0.3, 0.4) is 0 Å². The number of pyridine rings is 1. The molecular weight excluding hydrogens is 726 g/mol. The number of nitrogens with zero attached hydrogens (tertiary/aromatic N) is 4. The van der Waals surface area contributed by atoms with Crippen molar-refractivity contribution in [3.8, 4) is 17.4 Å². The highest BCUT2D eigenvalue weighted by molar-refractivity contribution is 7.88. The highest BCUT2D eigenvalue weighted by atomic mass is 32.2. The molecule has 6 rings (SSSR count). The molecule has 54 heavy (non-hydrogen) atoms. The number of imide groups is 1. The van der Waals surface area contributed by atoms with Crippen LogP contribution in [-0.4, -0.2) is 88.4 Å². The maximum atomic E-state index is 13.7. The summed E-state index contributed by atoms with van der Waals surface area (Å²) in [6.07, 6.45) is -1.50. The third-order valence-electron chi connectivity index (χ3n) is 8.01. The Kier molecular flexibility index (Phi) is 11.1. The zero-order chi connectivity index (χ0) is 38.2. The number of hydrogen-bond acceptors (Lipinski definition) is 11. The number of β-lactam (4-membered cyclic amide) rings is 1.